The van der Waals surface area contributed by atoms with Gasteiger partial charge in [-0.15, -0.1) is 0 Å². The predicted octanol–water partition coefficient (Wildman–Crippen LogP) is 2.21. The van der Waals surface area contributed by atoms with E-state index in [0.29, 0.717) is 11.6 Å². The molecule has 1 heterocycles. The number of rotatable bonds is 3. The summed E-state index contributed by atoms with van der Waals surface area (Å²) in [5.41, 5.74) is 6.59. The number of methoxy groups -OCH3 is 1. The van der Waals surface area contributed by atoms with E-state index >= 15 is 0 Å². The molecule has 0 saturated carbocycles. The molecule has 1 aromatic carbocycles. The lowest BCUT2D eigenvalue weighted by atomic mass is 10.1. The lowest BCUT2D eigenvalue weighted by molar-refractivity contribution is 0.211. The van der Waals surface area contributed by atoms with Crippen LogP contribution >= 0.6 is 0 Å². The number of carbonyl (C=O) groups excluding carboxylic acids is 1. The molecule has 0 atom stereocenters. The highest BCUT2D eigenvalue weighted by atomic mass is 16.5. The third-order valence-corrected chi connectivity index (χ3v) is 2.30. The van der Waals surface area contributed by atoms with Gasteiger partial charge in [0.2, 0.25) is 5.88 Å². The van der Waals surface area contributed by atoms with Crippen LogP contribution in [0.5, 0.6) is 11.6 Å². The molecule has 1 amide bonds. The highest BCUT2D eigenvalue weighted by molar-refractivity contribution is 5.69. The van der Waals surface area contributed by atoms with Crippen LogP contribution in [0.4, 0.5) is 4.79 Å². The first-order chi connectivity index (χ1) is 8.69. The molecular formula is C13H12N2O3. The summed E-state index contributed by atoms with van der Waals surface area (Å²) < 4.78 is 9.80. The number of ether oxygens (including phenoxy) is 2. The fourth-order valence-corrected chi connectivity index (χ4v) is 1.50. The molecule has 0 saturated heterocycles. The summed E-state index contributed by atoms with van der Waals surface area (Å²) in [6.07, 6.45) is -0.831. The van der Waals surface area contributed by atoms with Crippen LogP contribution in [0.3, 0.4) is 0 Å². The van der Waals surface area contributed by atoms with Gasteiger partial charge in [-0.1, -0.05) is 6.07 Å². The van der Waals surface area contributed by atoms with Gasteiger partial charge in [0.25, 0.3) is 0 Å². The molecule has 0 radical (unpaired) electrons. The summed E-state index contributed by atoms with van der Waals surface area (Å²) in [5.74, 6) is 0.944. The quantitative estimate of drug-likeness (QED) is 0.898. The first-order valence-electron chi connectivity index (χ1n) is 5.28. The Hall–Kier alpha value is -2.56. The van der Waals surface area contributed by atoms with Crippen LogP contribution in [0.15, 0.2) is 42.5 Å². The molecule has 2 aromatic rings. The van der Waals surface area contributed by atoms with E-state index in [-0.39, 0.29) is 0 Å². The second kappa shape index (κ2) is 5.18. The Morgan fingerprint density at radius 1 is 1.17 bits per heavy atom. The number of aromatic nitrogens is 1. The van der Waals surface area contributed by atoms with Crippen molar-refractivity contribution in [3.63, 3.8) is 0 Å². The van der Waals surface area contributed by atoms with Crippen molar-refractivity contribution in [2.24, 2.45) is 5.73 Å². The zero-order valence-corrected chi connectivity index (χ0v) is 9.79. The Morgan fingerprint density at radius 2 is 1.89 bits per heavy atom. The number of pyridine rings is 1. The molecule has 0 aliphatic heterocycles. The van der Waals surface area contributed by atoms with Gasteiger partial charge in [0.05, 0.1) is 12.8 Å². The minimum absolute atomic E-state index is 0.397. The van der Waals surface area contributed by atoms with Gasteiger partial charge >= 0.3 is 6.09 Å². The van der Waals surface area contributed by atoms with Crippen molar-refractivity contribution in [3.05, 3.63) is 42.5 Å². The lowest BCUT2D eigenvalue weighted by Gasteiger charge is -2.05. The van der Waals surface area contributed by atoms with Crippen molar-refractivity contribution in [2.75, 3.05) is 7.11 Å². The summed E-state index contributed by atoms with van der Waals surface area (Å²) in [7, 11) is 1.57. The molecule has 0 fully saturated rings. The summed E-state index contributed by atoms with van der Waals surface area (Å²) in [6, 6.07) is 12.4. The second-order valence-corrected chi connectivity index (χ2v) is 3.51. The first-order valence-corrected chi connectivity index (χ1v) is 5.28. The molecule has 5 heteroatoms. The summed E-state index contributed by atoms with van der Waals surface area (Å²) >= 11 is 0. The van der Waals surface area contributed by atoms with Crippen molar-refractivity contribution in [1.82, 2.24) is 4.98 Å². The normalized spacial score (nSPS) is 9.83. The number of nitrogens with zero attached hydrogens (tertiary/aromatic N) is 1. The monoisotopic (exact) mass is 244 g/mol. The van der Waals surface area contributed by atoms with Crippen molar-refractivity contribution < 1.29 is 14.3 Å². The van der Waals surface area contributed by atoms with Crippen molar-refractivity contribution >= 4 is 6.09 Å². The smallest absolute Gasteiger partial charge is 0.409 e. The van der Waals surface area contributed by atoms with Crippen LogP contribution in [-0.4, -0.2) is 18.2 Å². The zero-order chi connectivity index (χ0) is 13.0. The van der Waals surface area contributed by atoms with E-state index in [1.54, 1.807) is 37.4 Å². The maximum absolute atomic E-state index is 10.6. The van der Waals surface area contributed by atoms with Gasteiger partial charge in [0.15, 0.2) is 0 Å². The van der Waals surface area contributed by atoms with Gasteiger partial charge in [-0.25, -0.2) is 9.78 Å². The van der Waals surface area contributed by atoms with Crippen LogP contribution in [0.2, 0.25) is 0 Å². The fourth-order valence-electron chi connectivity index (χ4n) is 1.50. The van der Waals surface area contributed by atoms with E-state index < -0.39 is 6.09 Å². The van der Waals surface area contributed by atoms with Crippen molar-refractivity contribution in [3.8, 4) is 22.9 Å². The number of amides is 1. The summed E-state index contributed by atoms with van der Waals surface area (Å²) in [5, 5.41) is 0. The Morgan fingerprint density at radius 3 is 2.50 bits per heavy atom. The second-order valence-electron chi connectivity index (χ2n) is 3.51. The summed E-state index contributed by atoms with van der Waals surface area (Å²) in [6.45, 7) is 0. The zero-order valence-electron chi connectivity index (χ0n) is 9.79. The standard InChI is InChI=1S/C13H12N2O3/c1-17-12-4-2-3-11(15-12)9-5-7-10(8-6-9)18-13(14)16/h2-8H,1H3,(H2,14,16). The molecule has 18 heavy (non-hydrogen) atoms. The minimum atomic E-state index is -0.831. The predicted molar refractivity (Wildman–Crippen MR) is 66.4 cm³/mol. The van der Waals surface area contributed by atoms with E-state index in [0.717, 1.165) is 11.3 Å². The molecule has 0 aliphatic carbocycles. The van der Waals surface area contributed by atoms with E-state index in [1.807, 2.05) is 12.1 Å². The lowest BCUT2D eigenvalue weighted by Crippen LogP contribution is -2.16. The molecule has 5 nitrogen and oxygen atoms in total. The third kappa shape index (κ3) is 2.76. The van der Waals surface area contributed by atoms with Gasteiger partial charge in [-0.05, 0) is 30.3 Å². The van der Waals surface area contributed by atoms with E-state index in [1.165, 1.54) is 0 Å². The summed E-state index contributed by atoms with van der Waals surface area (Å²) in [4.78, 5) is 14.9. The van der Waals surface area contributed by atoms with Crippen molar-refractivity contribution in [1.29, 1.82) is 0 Å². The number of primary amides is 1. The largest absolute Gasteiger partial charge is 0.481 e. The fraction of sp³-hybridized carbons (Fsp3) is 0.0769. The maximum atomic E-state index is 10.6. The minimum Gasteiger partial charge on any atom is -0.481 e. The van der Waals surface area contributed by atoms with E-state index in [9.17, 15) is 4.79 Å². The molecular weight excluding hydrogens is 232 g/mol. The number of carbonyl (C=O) groups is 1. The molecule has 2 N–H and O–H groups in total. The molecule has 0 spiro atoms. The number of hydrogen-bond donors (Lipinski definition) is 1. The van der Waals surface area contributed by atoms with Crippen LogP contribution in [0.25, 0.3) is 11.3 Å². The van der Waals surface area contributed by atoms with Gasteiger partial charge < -0.3 is 15.2 Å². The van der Waals surface area contributed by atoms with Gasteiger partial charge in [-0.2, -0.15) is 0 Å². The molecule has 92 valence electrons. The Bertz CT molecular complexity index is 552. The number of hydrogen-bond acceptors (Lipinski definition) is 4. The third-order valence-electron chi connectivity index (χ3n) is 2.30. The number of nitrogens with two attached hydrogens (primary N) is 1. The van der Waals surface area contributed by atoms with Crippen LogP contribution < -0.4 is 15.2 Å². The SMILES string of the molecule is COc1cccc(-c2ccc(OC(N)=O)cc2)n1. The average Bonchev–Trinajstić information content (AvgIpc) is 2.39. The van der Waals surface area contributed by atoms with Crippen LogP contribution in [0.1, 0.15) is 0 Å². The van der Waals surface area contributed by atoms with E-state index in [4.69, 9.17) is 15.2 Å². The molecule has 2 rings (SSSR count). The van der Waals surface area contributed by atoms with Gasteiger partial charge in [-0.3, -0.25) is 0 Å². The first kappa shape index (κ1) is 11.9. The highest BCUT2D eigenvalue weighted by Crippen LogP contribution is 2.22. The Labute approximate surface area is 104 Å². The molecule has 0 aliphatic rings. The molecule has 0 unspecified atom stereocenters. The van der Waals surface area contributed by atoms with E-state index in [2.05, 4.69) is 4.98 Å². The Kier molecular flexibility index (Phi) is 3.43. The topological polar surface area (TPSA) is 74.4 Å². The molecule has 1 aromatic heterocycles. The van der Waals surface area contributed by atoms with Crippen LogP contribution in [0, 0.1) is 0 Å². The van der Waals surface area contributed by atoms with Crippen LogP contribution in [-0.2, 0) is 0 Å². The van der Waals surface area contributed by atoms with Gasteiger partial charge in [0, 0.05) is 11.6 Å². The van der Waals surface area contributed by atoms with Gasteiger partial charge in [0.1, 0.15) is 5.75 Å². The number of benzene rings is 1. The Balaban J connectivity index is 2.25. The maximum Gasteiger partial charge on any atom is 0.409 e. The van der Waals surface area contributed by atoms with Crippen molar-refractivity contribution in [2.45, 2.75) is 0 Å². The highest BCUT2D eigenvalue weighted by Gasteiger charge is 2.03. The molecule has 0 bridgehead atoms. The average molecular weight is 244 g/mol.